The van der Waals surface area contributed by atoms with Gasteiger partial charge in [-0.3, -0.25) is 4.68 Å². The molecule has 0 spiro atoms. The minimum Gasteiger partial charge on any atom is -0.370 e. The standard InChI is InChI=1S/C15H21BrN4/c1-10-13(12(3)20(4)19-10)6-5-9-17-15-8-7-14(16)11(2)18-15/h7-8H,5-6,9H2,1-4H3,(H,17,18). The molecule has 20 heavy (non-hydrogen) atoms. The minimum atomic E-state index is 0.918. The number of hydrogen-bond donors (Lipinski definition) is 1. The lowest BCUT2D eigenvalue weighted by molar-refractivity contribution is 0.729. The highest BCUT2D eigenvalue weighted by molar-refractivity contribution is 9.10. The summed E-state index contributed by atoms with van der Waals surface area (Å²) in [6.45, 7) is 7.12. The molecule has 0 aromatic carbocycles. The first-order valence-corrected chi connectivity index (χ1v) is 7.64. The molecular weight excluding hydrogens is 316 g/mol. The van der Waals surface area contributed by atoms with Gasteiger partial charge in [0.05, 0.1) is 11.4 Å². The third-order valence-corrected chi connectivity index (χ3v) is 4.43. The predicted molar refractivity (Wildman–Crippen MR) is 86.2 cm³/mol. The molecule has 0 saturated carbocycles. The molecule has 0 amide bonds. The number of rotatable bonds is 5. The van der Waals surface area contributed by atoms with Crippen LogP contribution in [0.5, 0.6) is 0 Å². The van der Waals surface area contributed by atoms with E-state index in [-0.39, 0.29) is 0 Å². The first-order valence-electron chi connectivity index (χ1n) is 6.85. The van der Waals surface area contributed by atoms with E-state index in [0.717, 1.165) is 41.1 Å². The van der Waals surface area contributed by atoms with Crippen LogP contribution in [0, 0.1) is 20.8 Å². The lowest BCUT2D eigenvalue weighted by Gasteiger charge is -2.07. The Morgan fingerprint density at radius 1 is 1.20 bits per heavy atom. The molecule has 5 heteroatoms. The average molecular weight is 337 g/mol. The van der Waals surface area contributed by atoms with Crippen LogP contribution in [0.4, 0.5) is 5.82 Å². The van der Waals surface area contributed by atoms with Crippen LogP contribution < -0.4 is 5.32 Å². The average Bonchev–Trinajstić information content (AvgIpc) is 2.64. The summed E-state index contributed by atoms with van der Waals surface area (Å²) in [5.41, 5.74) is 4.78. The van der Waals surface area contributed by atoms with Crippen molar-refractivity contribution in [1.82, 2.24) is 14.8 Å². The van der Waals surface area contributed by atoms with Gasteiger partial charge in [0.1, 0.15) is 5.82 Å². The fourth-order valence-electron chi connectivity index (χ4n) is 2.30. The number of anilines is 1. The molecule has 0 aliphatic rings. The van der Waals surface area contributed by atoms with Gasteiger partial charge in [0, 0.05) is 23.8 Å². The molecule has 2 aromatic rings. The van der Waals surface area contributed by atoms with E-state index in [2.05, 4.69) is 45.2 Å². The van der Waals surface area contributed by atoms with E-state index >= 15 is 0 Å². The summed E-state index contributed by atoms with van der Waals surface area (Å²) in [7, 11) is 2.00. The van der Waals surface area contributed by atoms with Crippen molar-refractivity contribution >= 4 is 21.7 Å². The van der Waals surface area contributed by atoms with Crippen LogP contribution in [0.2, 0.25) is 0 Å². The van der Waals surface area contributed by atoms with Crippen LogP contribution in [0.3, 0.4) is 0 Å². The van der Waals surface area contributed by atoms with E-state index in [1.807, 2.05) is 30.8 Å². The van der Waals surface area contributed by atoms with Crippen molar-refractivity contribution in [3.05, 3.63) is 39.3 Å². The summed E-state index contributed by atoms with van der Waals surface area (Å²) in [6.07, 6.45) is 2.12. The molecule has 0 aliphatic carbocycles. The molecular formula is C15H21BrN4. The summed E-state index contributed by atoms with van der Waals surface area (Å²) in [5, 5.41) is 7.82. The van der Waals surface area contributed by atoms with Crippen molar-refractivity contribution in [2.45, 2.75) is 33.6 Å². The molecule has 2 aromatic heterocycles. The molecule has 0 atom stereocenters. The molecule has 0 radical (unpaired) electrons. The number of nitrogens with zero attached hydrogens (tertiary/aromatic N) is 3. The van der Waals surface area contributed by atoms with Gasteiger partial charge in [-0.15, -0.1) is 0 Å². The van der Waals surface area contributed by atoms with E-state index in [4.69, 9.17) is 0 Å². The third-order valence-electron chi connectivity index (χ3n) is 3.59. The molecule has 2 heterocycles. The van der Waals surface area contributed by atoms with Gasteiger partial charge < -0.3 is 5.32 Å². The zero-order valence-electron chi connectivity index (χ0n) is 12.5. The van der Waals surface area contributed by atoms with Crippen LogP contribution in [0.15, 0.2) is 16.6 Å². The Bertz CT molecular complexity index is 604. The second-order valence-corrected chi connectivity index (χ2v) is 5.92. The molecule has 108 valence electrons. The van der Waals surface area contributed by atoms with Crippen molar-refractivity contribution < 1.29 is 0 Å². The maximum absolute atomic E-state index is 4.48. The molecule has 0 aliphatic heterocycles. The van der Waals surface area contributed by atoms with Gasteiger partial charge in [-0.1, -0.05) is 0 Å². The van der Waals surface area contributed by atoms with Crippen molar-refractivity contribution in [1.29, 1.82) is 0 Å². The van der Waals surface area contributed by atoms with Gasteiger partial charge in [0.25, 0.3) is 0 Å². The van der Waals surface area contributed by atoms with Crippen LogP contribution in [-0.4, -0.2) is 21.3 Å². The largest absolute Gasteiger partial charge is 0.370 e. The Morgan fingerprint density at radius 2 is 1.95 bits per heavy atom. The molecule has 4 nitrogen and oxygen atoms in total. The van der Waals surface area contributed by atoms with Crippen molar-refractivity contribution in [2.75, 3.05) is 11.9 Å². The minimum absolute atomic E-state index is 0.918. The molecule has 0 unspecified atom stereocenters. The molecule has 0 saturated heterocycles. The second-order valence-electron chi connectivity index (χ2n) is 5.07. The molecule has 1 N–H and O–H groups in total. The van der Waals surface area contributed by atoms with E-state index in [9.17, 15) is 0 Å². The summed E-state index contributed by atoms with van der Waals surface area (Å²) >= 11 is 3.46. The van der Waals surface area contributed by atoms with Gasteiger partial charge >= 0.3 is 0 Å². The quantitative estimate of drug-likeness (QED) is 0.849. The third kappa shape index (κ3) is 3.39. The summed E-state index contributed by atoms with van der Waals surface area (Å²) < 4.78 is 3.00. The summed E-state index contributed by atoms with van der Waals surface area (Å²) in [5.74, 6) is 0.935. The Kier molecular flexibility index (Phi) is 4.81. The van der Waals surface area contributed by atoms with Crippen molar-refractivity contribution in [2.24, 2.45) is 7.05 Å². The number of hydrogen-bond acceptors (Lipinski definition) is 3. The van der Waals surface area contributed by atoms with E-state index in [1.54, 1.807) is 0 Å². The fourth-order valence-corrected chi connectivity index (χ4v) is 2.52. The van der Waals surface area contributed by atoms with E-state index in [1.165, 1.54) is 11.3 Å². The zero-order valence-corrected chi connectivity index (χ0v) is 14.1. The normalized spacial score (nSPS) is 10.8. The Hall–Kier alpha value is -1.36. The van der Waals surface area contributed by atoms with E-state index < -0.39 is 0 Å². The van der Waals surface area contributed by atoms with Crippen LogP contribution in [-0.2, 0) is 13.5 Å². The number of aryl methyl sites for hydroxylation is 3. The number of halogens is 1. The number of nitrogens with one attached hydrogen (secondary N) is 1. The summed E-state index contributed by atoms with van der Waals surface area (Å²) in [6, 6.07) is 4.03. The maximum atomic E-state index is 4.48. The van der Waals surface area contributed by atoms with Crippen LogP contribution >= 0.6 is 15.9 Å². The monoisotopic (exact) mass is 336 g/mol. The van der Waals surface area contributed by atoms with Gasteiger partial charge in [-0.2, -0.15) is 5.10 Å². The van der Waals surface area contributed by atoms with Gasteiger partial charge in [0.2, 0.25) is 0 Å². The zero-order chi connectivity index (χ0) is 14.7. The highest BCUT2D eigenvalue weighted by Gasteiger charge is 2.08. The van der Waals surface area contributed by atoms with Gasteiger partial charge in [-0.05, 0) is 67.2 Å². The first-order chi connectivity index (χ1) is 9.49. The van der Waals surface area contributed by atoms with Gasteiger partial charge in [-0.25, -0.2) is 4.98 Å². The molecule has 0 bridgehead atoms. The SMILES string of the molecule is Cc1nc(NCCCc2c(C)nn(C)c2C)ccc1Br. The van der Waals surface area contributed by atoms with Crippen molar-refractivity contribution in [3.63, 3.8) is 0 Å². The molecule has 0 fully saturated rings. The maximum Gasteiger partial charge on any atom is 0.126 e. The smallest absolute Gasteiger partial charge is 0.126 e. The first kappa shape index (κ1) is 15.0. The number of aromatic nitrogens is 3. The summed E-state index contributed by atoms with van der Waals surface area (Å²) in [4.78, 5) is 4.48. The Morgan fingerprint density at radius 3 is 2.55 bits per heavy atom. The Balaban J connectivity index is 1.86. The highest BCUT2D eigenvalue weighted by Crippen LogP contribution is 2.17. The Labute approximate surface area is 128 Å². The fraction of sp³-hybridized carbons (Fsp3) is 0.467. The predicted octanol–water partition coefficient (Wildman–Crippen LogP) is 3.55. The second kappa shape index (κ2) is 6.39. The van der Waals surface area contributed by atoms with Crippen LogP contribution in [0.1, 0.15) is 29.1 Å². The highest BCUT2D eigenvalue weighted by atomic mass is 79.9. The lowest BCUT2D eigenvalue weighted by Crippen LogP contribution is -2.06. The molecule has 2 rings (SSSR count). The lowest BCUT2D eigenvalue weighted by atomic mass is 10.1. The van der Waals surface area contributed by atoms with Crippen LogP contribution in [0.25, 0.3) is 0 Å². The van der Waals surface area contributed by atoms with E-state index in [0.29, 0.717) is 0 Å². The van der Waals surface area contributed by atoms with Crippen molar-refractivity contribution in [3.8, 4) is 0 Å². The topological polar surface area (TPSA) is 42.7 Å². The number of pyridine rings is 1. The van der Waals surface area contributed by atoms with Gasteiger partial charge in [0.15, 0.2) is 0 Å².